The SMILES string of the molecule is CCCCCCOc1ccc(C(=O)N[C@@H](CCC)C(=O)NCCN2CCOCC2)cc1. The normalized spacial score (nSPS) is 15.3. The van der Waals surface area contributed by atoms with Crippen molar-refractivity contribution < 1.29 is 19.1 Å². The molecule has 1 fully saturated rings. The van der Waals surface area contributed by atoms with Crippen LogP contribution >= 0.6 is 0 Å². The molecule has 2 N–H and O–H groups in total. The number of rotatable bonds is 14. The van der Waals surface area contributed by atoms with Crippen molar-refractivity contribution in [2.24, 2.45) is 0 Å². The average molecular weight is 434 g/mol. The molecule has 1 aromatic carbocycles. The Bertz CT molecular complexity index is 645. The Morgan fingerprint density at radius 2 is 1.81 bits per heavy atom. The highest BCUT2D eigenvalue weighted by molar-refractivity contribution is 5.97. The van der Waals surface area contributed by atoms with Crippen LogP contribution in [0, 0.1) is 0 Å². The molecule has 1 aromatic rings. The Kier molecular flexibility index (Phi) is 12.0. The predicted molar refractivity (Wildman–Crippen MR) is 123 cm³/mol. The molecular weight excluding hydrogens is 394 g/mol. The Balaban J connectivity index is 1.77. The quantitative estimate of drug-likeness (QED) is 0.441. The first-order chi connectivity index (χ1) is 15.1. The minimum Gasteiger partial charge on any atom is -0.494 e. The van der Waals surface area contributed by atoms with Crippen molar-refractivity contribution in [2.45, 2.75) is 58.4 Å². The second kappa shape index (κ2) is 14.8. The Hall–Kier alpha value is -2.12. The lowest BCUT2D eigenvalue weighted by Crippen LogP contribution is -2.49. The fourth-order valence-electron chi connectivity index (χ4n) is 3.51. The third-order valence-corrected chi connectivity index (χ3v) is 5.41. The summed E-state index contributed by atoms with van der Waals surface area (Å²) < 4.78 is 11.1. The molecule has 2 amide bonds. The van der Waals surface area contributed by atoms with Gasteiger partial charge in [0.05, 0.1) is 19.8 Å². The van der Waals surface area contributed by atoms with Crippen LogP contribution in [0.2, 0.25) is 0 Å². The van der Waals surface area contributed by atoms with Gasteiger partial charge in [-0.25, -0.2) is 0 Å². The van der Waals surface area contributed by atoms with E-state index in [1.54, 1.807) is 12.1 Å². The average Bonchev–Trinajstić information content (AvgIpc) is 2.79. The van der Waals surface area contributed by atoms with Crippen molar-refractivity contribution in [1.29, 1.82) is 0 Å². The lowest BCUT2D eigenvalue weighted by Gasteiger charge is -2.27. The van der Waals surface area contributed by atoms with E-state index in [-0.39, 0.29) is 11.8 Å². The van der Waals surface area contributed by atoms with Crippen LogP contribution in [-0.4, -0.2) is 68.8 Å². The minimum absolute atomic E-state index is 0.129. The van der Waals surface area contributed by atoms with Crippen LogP contribution in [0.25, 0.3) is 0 Å². The highest BCUT2D eigenvalue weighted by Crippen LogP contribution is 2.13. The van der Waals surface area contributed by atoms with E-state index in [4.69, 9.17) is 9.47 Å². The standard InChI is InChI=1S/C24H39N3O4/c1-3-5-6-7-17-31-21-11-9-20(10-12-21)23(28)26-22(8-4-2)24(29)25-13-14-27-15-18-30-19-16-27/h9-12,22H,3-8,13-19H2,1-2H3,(H,25,29)(H,26,28)/t22-/m0/s1. The molecule has 1 saturated heterocycles. The highest BCUT2D eigenvalue weighted by atomic mass is 16.5. The molecule has 0 radical (unpaired) electrons. The number of carbonyl (C=O) groups is 2. The summed E-state index contributed by atoms with van der Waals surface area (Å²) in [7, 11) is 0. The molecule has 0 unspecified atom stereocenters. The van der Waals surface area contributed by atoms with Gasteiger partial charge in [-0.05, 0) is 37.1 Å². The van der Waals surface area contributed by atoms with Crippen LogP contribution < -0.4 is 15.4 Å². The van der Waals surface area contributed by atoms with E-state index >= 15 is 0 Å². The molecule has 174 valence electrons. The van der Waals surface area contributed by atoms with Crippen molar-refractivity contribution in [2.75, 3.05) is 46.0 Å². The van der Waals surface area contributed by atoms with Gasteiger partial charge in [-0.15, -0.1) is 0 Å². The van der Waals surface area contributed by atoms with Gasteiger partial charge in [0.1, 0.15) is 11.8 Å². The zero-order chi connectivity index (χ0) is 22.3. The van der Waals surface area contributed by atoms with Gasteiger partial charge in [-0.2, -0.15) is 0 Å². The number of amides is 2. The van der Waals surface area contributed by atoms with Crippen LogP contribution in [0.1, 0.15) is 62.7 Å². The fraction of sp³-hybridized carbons (Fsp3) is 0.667. The fourth-order valence-corrected chi connectivity index (χ4v) is 3.51. The topological polar surface area (TPSA) is 79.9 Å². The highest BCUT2D eigenvalue weighted by Gasteiger charge is 2.21. The van der Waals surface area contributed by atoms with E-state index in [9.17, 15) is 9.59 Å². The number of morpholine rings is 1. The maximum absolute atomic E-state index is 12.6. The van der Waals surface area contributed by atoms with E-state index in [1.807, 2.05) is 19.1 Å². The number of carbonyl (C=O) groups excluding carboxylic acids is 2. The summed E-state index contributed by atoms with van der Waals surface area (Å²) in [5, 5.41) is 5.85. The molecule has 2 rings (SSSR count). The maximum atomic E-state index is 12.6. The van der Waals surface area contributed by atoms with Crippen molar-refractivity contribution in [3.05, 3.63) is 29.8 Å². The summed E-state index contributed by atoms with van der Waals surface area (Å²) in [5.41, 5.74) is 0.528. The van der Waals surface area contributed by atoms with Crippen molar-refractivity contribution in [1.82, 2.24) is 15.5 Å². The number of nitrogens with one attached hydrogen (secondary N) is 2. The molecule has 1 aliphatic rings. The first-order valence-corrected chi connectivity index (χ1v) is 11.8. The zero-order valence-electron chi connectivity index (χ0n) is 19.2. The molecule has 0 aromatic heterocycles. The molecule has 0 bridgehead atoms. The molecule has 0 saturated carbocycles. The van der Waals surface area contributed by atoms with Gasteiger partial charge >= 0.3 is 0 Å². The summed E-state index contributed by atoms with van der Waals surface area (Å²) >= 11 is 0. The van der Waals surface area contributed by atoms with Gasteiger partial charge in [-0.3, -0.25) is 14.5 Å². The molecular formula is C24H39N3O4. The summed E-state index contributed by atoms with van der Waals surface area (Å²) in [6.45, 7) is 9.51. The molecule has 0 aliphatic carbocycles. The lowest BCUT2D eigenvalue weighted by molar-refractivity contribution is -0.123. The largest absolute Gasteiger partial charge is 0.494 e. The summed E-state index contributed by atoms with van der Waals surface area (Å²) in [6.07, 6.45) is 6.05. The summed E-state index contributed by atoms with van der Waals surface area (Å²) in [6, 6.07) is 6.58. The first-order valence-electron chi connectivity index (χ1n) is 11.8. The van der Waals surface area contributed by atoms with Crippen molar-refractivity contribution in [3.8, 4) is 5.75 Å². The van der Waals surface area contributed by atoms with Crippen LogP contribution in [0.3, 0.4) is 0 Å². The summed E-state index contributed by atoms with van der Waals surface area (Å²) in [4.78, 5) is 27.5. The van der Waals surface area contributed by atoms with Gasteiger partial charge in [0.2, 0.25) is 5.91 Å². The number of nitrogens with zero attached hydrogens (tertiary/aromatic N) is 1. The van der Waals surface area contributed by atoms with E-state index in [2.05, 4.69) is 22.5 Å². The third-order valence-electron chi connectivity index (χ3n) is 5.41. The van der Waals surface area contributed by atoms with Crippen LogP contribution in [0.5, 0.6) is 5.75 Å². The molecule has 1 heterocycles. The number of unbranched alkanes of at least 4 members (excludes halogenated alkanes) is 3. The molecule has 7 nitrogen and oxygen atoms in total. The van der Waals surface area contributed by atoms with E-state index < -0.39 is 6.04 Å². The molecule has 7 heteroatoms. The smallest absolute Gasteiger partial charge is 0.251 e. The lowest BCUT2D eigenvalue weighted by atomic mass is 10.1. The third kappa shape index (κ3) is 9.70. The number of hydrogen-bond donors (Lipinski definition) is 2. The zero-order valence-corrected chi connectivity index (χ0v) is 19.2. The van der Waals surface area contributed by atoms with Gasteiger partial charge < -0.3 is 20.1 Å². The monoisotopic (exact) mass is 433 g/mol. The minimum atomic E-state index is -0.531. The number of hydrogen-bond acceptors (Lipinski definition) is 5. The van der Waals surface area contributed by atoms with Gasteiger partial charge in [-0.1, -0.05) is 39.5 Å². The van der Waals surface area contributed by atoms with Crippen LogP contribution in [0.4, 0.5) is 0 Å². The van der Waals surface area contributed by atoms with E-state index in [0.717, 1.165) is 51.4 Å². The Morgan fingerprint density at radius 3 is 2.48 bits per heavy atom. The Labute approximate surface area is 186 Å². The number of ether oxygens (including phenoxy) is 2. The molecule has 1 atom stereocenters. The van der Waals surface area contributed by atoms with E-state index in [1.165, 1.54) is 19.3 Å². The predicted octanol–water partition coefficient (Wildman–Crippen LogP) is 2.99. The second-order valence-electron chi connectivity index (χ2n) is 7.99. The van der Waals surface area contributed by atoms with E-state index in [0.29, 0.717) is 25.1 Å². The first kappa shape index (κ1) is 25.1. The van der Waals surface area contributed by atoms with Crippen molar-refractivity contribution >= 4 is 11.8 Å². The Morgan fingerprint density at radius 1 is 1.06 bits per heavy atom. The van der Waals surface area contributed by atoms with Gasteiger partial charge in [0, 0.05) is 31.7 Å². The van der Waals surface area contributed by atoms with Crippen molar-refractivity contribution in [3.63, 3.8) is 0 Å². The molecule has 0 spiro atoms. The van der Waals surface area contributed by atoms with Gasteiger partial charge in [0.15, 0.2) is 0 Å². The summed E-state index contributed by atoms with van der Waals surface area (Å²) in [5.74, 6) is 0.394. The molecule has 1 aliphatic heterocycles. The van der Waals surface area contributed by atoms with Crippen LogP contribution in [0.15, 0.2) is 24.3 Å². The van der Waals surface area contributed by atoms with Gasteiger partial charge in [0.25, 0.3) is 5.91 Å². The molecule has 31 heavy (non-hydrogen) atoms. The number of benzene rings is 1. The van der Waals surface area contributed by atoms with Crippen LogP contribution in [-0.2, 0) is 9.53 Å². The second-order valence-corrected chi connectivity index (χ2v) is 7.99. The maximum Gasteiger partial charge on any atom is 0.251 e.